The van der Waals surface area contributed by atoms with Crippen molar-refractivity contribution in [2.75, 3.05) is 5.12 Å². The highest BCUT2D eigenvalue weighted by Crippen LogP contribution is 2.23. The Hall–Kier alpha value is -4.21. The number of carbonyl (C=O) groups is 5. The minimum atomic E-state index is -1.28. The number of hydrazine groups is 2. The van der Waals surface area contributed by atoms with Crippen LogP contribution in [0.3, 0.4) is 0 Å². The quantitative estimate of drug-likeness (QED) is 0.397. The molecule has 0 aromatic heterocycles. The summed E-state index contributed by atoms with van der Waals surface area (Å²) in [5.41, 5.74) is 9.34. The maximum Gasteiger partial charge on any atom is 0.332 e. The number of imide groups is 1. The summed E-state index contributed by atoms with van der Waals surface area (Å²) in [6.45, 7) is 5.49. The Balaban J connectivity index is 2.52. The fourth-order valence-electron chi connectivity index (χ4n) is 2.97. The van der Waals surface area contributed by atoms with E-state index in [2.05, 4.69) is 19.3 Å². The number of primary amides is 1. The first-order chi connectivity index (χ1) is 16.2. The van der Waals surface area contributed by atoms with Gasteiger partial charge < -0.3 is 5.73 Å². The Morgan fingerprint density at radius 3 is 2.06 bits per heavy atom. The lowest BCUT2D eigenvalue weighted by molar-refractivity contribution is -0.149. The molecule has 0 spiro atoms. The molecule has 1 atom stereocenters. The predicted molar refractivity (Wildman–Crippen MR) is 125 cm³/mol. The van der Waals surface area contributed by atoms with E-state index in [-0.39, 0.29) is 18.9 Å². The van der Waals surface area contributed by atoms with Gasteiger partial charge in [-0.3, -0.25) is 29.3 Å². The van der Waals surface area contributed by atoms with Crippen LogP contribution >= 0.6 is 0 Å². The highest BCUT2D eigenvalue weighted by molar-refractivity contribution is 6.38. The second-order valence-corrected chi connectivity index (χ2v) is 7.60. The first-order valence-electron chi connectivity index (χ1n) is 10.9. The molecule has 180 valence electrons. The molecular weight excluding hydrogens is 438 g/mol. The molecule has 0 saturated carbocycles. The fourth-order valence-corrected chi connectivity index (χ4v) is 2.97. The summed E-state index contributed by atoms with van der Waals surface area (Å²) in [6, 6.07) is 15.6. The highest BCUT2D eigenvalue weighted by atomic mass is 16.2. The van der Waals surface area contributed by atoms with Gasteiger partial charge in [0.2, 0.25) is 5.91 Å². The third-order valence-electron chi connectivity index (χ3n) is 5.17. The number of anilines is 1. The van der Waals surface area contributed by atoms with E-state index in [0.717, 1.165) is 22.1 Å². The number of carbonyl (C=O) groups excluding carboxylic acids is 5. The zero-order valence-electron chi connectivity index (χ0n) is 19.4. The minimum absolute atomic E-state index is 0.00307. The van der Waals surface area contributed by atoms with E-state index in [1.807, 2.05) is 17.4 Å². The van der Waals surface area contributed by atoms with Gasteiger partial charge in [0.05, 0.1) is 12.2 Å². The van der Waals surface area contributed by atoms with E-state index in [0.29, 0.717) is 11.3 Å². The van der Waals surface area contributed by atoms with Crippen molar-refractivity contribution in [3.05, 3.63) is 65.7 Å². The van der Waals surface area contributed by atoms with Crippen LogP contribution in [0.25, 0.3) is 0 Å². The molecule has 2 aromatic rings. The third kappa shape index (κ3) is 6.89. The molecule has 0 heterocycles. The summed E-state index contributed by atoms with van der Waals surface area (Å²) in [6.07, 6.45) is 0.905. The van der Waals surface area contributed by atoms with Gasteiger partial charge in [0, 0.05) is 6.42 Å². The number of rotatable bonds is 8. The Bertz CT molecular complexity index is 1040. The van der Waals surface area contributed by atoms with Crippen LogP contribution in [0.4, 0.5) is 5.69 Å². The molecule has 0 aliphatic heterocycles. The molecule has 1 unspecified atom stereocenters. The average molecular weight is 468 g/mol. The maximum atomic E-state index is 13.1. The van der Waals surface area contributed by atoms with Crippen LogP contribution in [-0.4, -0.2) is 34.5 Å². The zero-order chi connectivity index (χ0) is 25.3. The number of hydrogen-bond donors (Lipinski definition) is 3. The molecule has 34 heavy (non-hydrogen) atoms. The maximum absolute atomic E-state index is 13.1. The second-order valence-electron chi connectivity index (χ2n) is 7.60. The van der Waals surface area contributed by atoms with Crippen molar-refractivity contribution in [1.29, 1.82) is 0 Å². The molecule has 0 saturated heterocycles. The summed E-state index contributed by atoms with van der Waals surface area (Å²) in [5.74, 6) is -5.14. The Kier molecular flexibility index (Phi) is 9.30. The number of nitrogens with zero attached hydrogens (tertiary/aromatic N) is 2. The van der Waals surface area contributed by atoms with Gasteiger partial charge in [-0.15, -0.1) is 0 Å². The van der Waals surface area contributed by atoms with Crippen LogP contribution in [-0.2, 0) is 30.5 Å². The standard InChI is InChI=1S/C24H29N5O5/c1-4-16(3)18-11-13-19(14-12-18)29(27-22(32)21(25)31)28(15-17-9-7-6-8-10-17)24(34)23(33)26-20(30)5-2/h6-14,16H,4-5,15H2,1-3H3,(H2,25,31)(H,27,32)(H,26,30,33). The largest absolute Gasteiger partial charge is 0.361 e. The molecule has 0 fully saturated rings. The van der Waals surface area contributed by atoms with Gasteiger partial charge in [0.25, 0.3) is 0 Å². The molecule has 0 aliphatic rings. The number of hydrogen-bond acceptors (Lipinski definition) is 6. The van der Waals surface area contributed by atoms with Gasteiger partial charge in [-0.05, 0) is 35.6 Å². The topological polar surface area (TPSA) is 142 Å². The molecule has 10 heteroatoms. The van der Waals surface area contributed by atoms with Crippen LogP contribution in [0, 0.1) is 0 Å². The van der Waals surface area contributed by atoms with Crippen molar-refractivity contribution in [2.45, 2.75) is 46.1 Å². The van der Waals surface area contributed by atoms with E-state index in [9.17, 15) is 24.0 Å². The molecule has 2 aromatic carbocycles. The molecule has 10 nitrogen and oxygen atoms in total. The predicted octanol–water partition coefficient (Wildman–Crippen LogP) is 1.52. The summed E-state index contributed by atoms with van der Waals surface area (Å²) in [7, 11) is 0. The molecule has 4 N–H and O–H groups in total. The van der Waals surface area contributed by atoms with Crippen molar-refractivity contribution in [3.8, 4) is 0 Å². The summed E-state index contributed by atoms with van der Waals surface area (Å²) in [4.78, 5) is 61.0. The molecule has 2 rings (SSSR count). The number of benzene rings is 2. The molecule has 0 radical (unpaired) electrons. The number of nitrogens with two attached hydrogens (primary N) is 1. The number of amides is 5. The second kappa shape index (κ2) is 12.1. The monoisotopic (exact) mass is 467 g/mol. The van der Waals surface area contributed by atoms with E-state index in [4.69, 9.17) is 5.73 Å². The summed E-state index contributed by atoms with van der Waals surface area (Å²) >= 11 is 0. The van der Waals surface area contributed by atoms with Gasteiger partial charge in [-0.25, -0.2) is 10.4 Å². The van der Waals surface area contributed by atoms with E-state index >= 15 is 0 Å². The summed E-state index contributed by atoms with van der Waals surface area (Å²) < 4.78 is 0. The molecule has 0 bridgehead atoms. The van der Waals surface area contributed by atoms with E-state index in [1.165, 1.54) is 6.92 Å². The van der Waals surface area contributed by atoms with Gasteiger partial charge in [-0.1, -0.05) is 63.2 Å². The normalized spacial score (nSPS) is 11.1. The third-order valence-corrected chi connectivity index (χ3v) is 5.17. The smallest absolute Gasteiger partial charge is 0.332 e. The Morgan fingerprint density at radius 1 is 0.912 bits per heavy atom. The molecule has 5 amide bonds. The molecule has 0 aliphatic carbocycles. The van der Waals surface area contributed by atoms with Crippen LogP contribution in [0.2, 0.25) is 0 Å². The summed E-state index contributed by atoms with van der Waals surface area (Å²) in [5, 5.41) is 3.92. The Labute approximate surface area is 198 Å². The first kappa shape index (κ1) is 26.0. The van der Waals surface area contributed by atoms with Crippen LogP contribution in [0.1, 0.15) is 50.7 Å². The average Bonchev–Trinajstić information content (AvgIpc) is 2.85. The van der Waals surface area contributed by atoms with Crippen molar-refractivity contribution in [2.24, 2.45) is 5.73 Å². The Morgan fingerprint density at radius 2 is 1.53 bits per heavy atom. The van der Waals surface area contributed by atoms with E-state index < -0.39 is 29.5 Å². The lowest BCUT2D eigenvalue weighted by Crippen LogP contribution is -2.60. The lowest BCUT2D eigenvalue weighted by Gasteiger charge is -2.35. The number of nitrogens with one attached hydrogen (secondary N) is 2. The highest BCUT2D eigenvalue weighted by Gasteiger charge is 2.31. The van der Waals surface area contributed by atoms with Crippen LogP contribution in [0.5, 0.6) is 0 Å². The van der Waals surface area contributed by atoms with Gasteiger partial charge >= 0.3 is 23.6 Å². The zero-order valence-corrected chi connectivity index (χ0v) is 19.4. The van der Waals surface area contributed by atoms with Crippen molar-refractivity contribution >= 4 is 35.2 Å². The molecular formula is C24H29N5O5. The fraction of sp³-hybridized carbons (Fsp3) is 0.292. The van der Waals surface area contributed by atoms with Gasteiger partial charge in [0.1, 0.15) is 0 Å². The van der Waals surface area contributed by atoms with Crippen molar-refractivity contribution in [1.82, 2.24) is 15.8 Å². The van der Waals surface area contributed by atoms with Crippen LogP contribution < -0.4 is 21.6 Å². The SMILES string of the molecule is CCC(=O)NC(=O)C(=O)N(Cc1ccccc1)N(NC(=O)C(N)=O)c1ccc(C(C)CC)cc1. The lowest BCUT2D eigenvalue weighted by atomic mass is 9.99. The van der Waals surface area contributed by atoms with Crippen molar-refractivity contribution < 1.29 is 24.0 Å². The minimum Gasteiger partial charge on any atom is -0.361 e. The van der Waals surface area contributed by atoms with Gasteiger partial charge in [-0.2, -0.15) is 5.12 Å². The van der Waals surface area contributed by atoms with Gasteiger partial charge in [0.15, 0.2) is 0 Å². The van der Waals surface area contributed by atoms with E-state index in [1.54, 1.807) is 42.5 Å². The van der Waals surface area contributed by atoms with Crippen LogP contribution in [0.15, 0.2) is 54.6 Å². The van der Waals surface area contributed by atoms with Crippen molar-refractivity contribution in [3.63, 3.8) is 0 Å². The first-order valence-corrected chi connectivity index (χ1v) is 10.9.